The lowest BCUT2D eigenvalue weighted by Crippen LogP contribution is -2.46. The van der Waals surface area contributed by atoms with Gasteiger partial charge in [-0.25, -0.2) is 0 Å². The number of carbonyl (C=O) groups excluding carboxylic acids is 1. The van der Waals surface area contributed by atoms with Crippen LogP contribution in [0.4, 0.5) is 0 Å². The summed E-state index contributed by atoms with van der Waals surface area (Å²) in [5.41, 5.74) is 0. The van der Waals surface area contributed by atoms with Crippen LogP contribution in [0.25, 0.3) is 0 Å². The van der Waals surface area contributed by atoms with Crippen LogP contribution in [0.15, 0.2) is 12.2 Å². The molecular weight excluding hydrogens is 840 g/mol. The van der Waals surface area contributed by atoms with Crippen molar-refractivity contribution in [3.8, 4) is 0 Å². The third-order valence-electron chi connectivity index (χ3n) is 13.5. The molecule has 8 nitrogen and oxygen atoms in total. The Morgan fingerprint density at radius 2 is 0.833 bits per heavy atom. The van der Waals surface area contributed by atoms with Gasteiger partial charge in [0.1, 0.15) is 13.2 Å². The van der Waals surface area contributed by atoms with E-state index in [-0.39, 0.29) is 19.1 Å². The van der Waals surface area contributed by atoms with Crippen LogP contribution in [-0.4, -0.2) is 68.5 Å². The van der Waals surface area contributed by atoms with Gasteiger partial charge in [0.25, 0.3) is 7.82 Å². The molecular formula is C57H115N2O6P. The maximum atomic E-state index is 13.0. The molecule has 66 heavy (non-hydrogen) atoms. The first kappa shape index (κ1) is 65.2. The number of quaternary nitrogens is 1. The molecule has 0 aliphatic rings. The number of nitrogens with one attached hydrogen (secondary N) is 1. The summed E-state index contributed by atoms with van der Waals surface area (Å²) in [4.78, 5) is 25.5. The number of hydrogen-bond acceptors (Lipinski definition) is 6. The number of phosphoric acid groups is 1. The van der Waals surface area contributed by atoms with Crippen molar-refractivity contribution in [2.24, 2.45) is 0 Å². The first-order valence-corrected chi connectivity index (χ1v) is 30.5. The molecule has 1 amide bonds. The standard InChI is InChI=1S/C57H115N2O6P/c1-6-8-10-12-14-16-18-20-22-24-25-26-27-28-29-30-31-32-33-35-37-39-41-43-45-47-49-51-57(61)58-55(54-65-66(62,63)64-53-52-59(3,4)5)56(60)50-48-46-44-42-40-38-36-34-23-21-19-17-15-13-11-9-7-2/h28-29,55-56,60H,6-27,30-54H2,1-5H3,(H-,58,61,62,63)/b29-28-. The summed E-state index contributed by atoms with van der Waals surface area (Å²) in [7, 11) is 1.32. The molecule has 0 bridgehead atoms. The zero-order valence-corrected chi connectivity index (χ0v) is 45.8. The molecule has 0 radical (unpaired) electrons. The molecule has 0 heterocycles. The van der Waals surface area contributed by atoms with Crippen molar-refractivity contribution < 1.29 is 32.9 Å². The molecule has 0 aromatic heterocycles. The van der Waals surface area contributed by atoms with E-state index < -0.39 is 20.0 Å². The Kier molecular flexibility index (Phi) is 48.7. The monoisotopic (exact) mass is 955 g/mol. The highest BCUT2D eigenvalue weighted by Crippen LogP contribution is 2.38. The van der Waals surface area contributed by atoms with Gasteiger partial charge in [0.2, 0.25) is 5.91 Å². The van der Waals surface area contributed by atoms with Gasteiger partial charge in [0.15, 0.2) is 0 Å². The number of phosphoric ester groups is 1. The number of aliphatic hydroxyl groups is 1. The Morgan fingerprint density at radius 3 is 1.18 bits per heavy atom. The highest BCUT2D eigenvalue weighted by Gasteiger charge is 2.24. The summed E-state index contributed by atoms with van der Waals surface area (Å²) in [5, 5.41) is 14.0. The number of unbranched alkanes of at least 4 members (excludes halogenated alkanes) is 39. The third kappa shape index (κ3) is 51.1. The van der Waals surface area contributed by atoms with Crippen LogP contribution < -0.4 is 10.2 Å². The second-order valence-corrected chi connectivity index (χ2v) is 22.8. The van der Waals surface area contributed by atoms with Crippen LogP contribution in [-0.2, 0) is 18.4 Å². The van der Waals surface area contributed by atoms with Crippen LogP contribution in [0, 0.1) is 0 Å². The molecule has 0 rings (SSSR count). The van der Waals surface area contributed by atoms with Crippen LogP contribution >= 0.6 is 7.82 Å². The number of likely N-dealkylation sites (N-methyl/N-ethyl adjacent to an activating group) is 1. The van der Waals surface area contributed by atoms with Crippen molar-refractivity contribution in [1.82, 2.24) is 5.32 Å². The number of rotatable bonds is 54. The quantitative estimate of drug-likeness (QED) is 0.0272. The van der Waals surface area contributed by atoms with Gasteiger partial charge in [-0.15, -0.1) is 0 Å². The van der Waals surface area contributed by atoms with Gasteiger partial charge in [-0.2, -0.15) is 0 Å². The molecule has 0 spiro atoms. The summed E-state index contributed by atoms with van der Waals surface area (Å²) in [6.07, 6.45) is 59.6. The van der Waals surface area contributed by atoms with Gasteiger partial charge in [-0.3, -0.25) is 9.36 Å². The Balaban J connectivity index is 4.10. The van der Waals surface area contributed by atoms with Crippen molar-refractivity contribution in [2.45, 2.75) is 309 Å². The zero-order chi connectivity index (χ0) is 48.5. The molecule has 2 N–H and O–H groups in total. The summed E-state index contributed by atoms with van der Waals surface area (Å²) < 4.78 is 23.4. The number of allylic oxidation sites excluding steroid dienone is 2. The van der Waals surface area contributed by atoms with Crippen LogP contribution in [0.2, 0.25) is 0 Å². The fourth-order valence-electron chi connectivity index (χ4n) is 8.92. The lowest BCUT2D eigenvalue weighted by molar-refractivity contribution is -0.870. The molecule has 3 atom stereocenters. The minimum Gasteiger partial charge on any atom is -0.756 e. The Hall–Kier alpha value is -0.760. The SMILES string of the molecule is CCCCCCCCCCCCCC/C=C\CCCCCCCCCCCCCC(=O)NC(COP(=O)([O-])OCC[N+](C)(C)C)C(O)CCCCCCCCCCCCCCCCCCC. The van der Waals surface area contributed by atoms with Gasteiger partial charge in [-0.1, -0.05) is 264 Å². The van der Waals surface area contributed by atoms with E-state index >= 15 is 0 Å². The maximum absolute atomic E-state index is 13.0. The number of hydrogen-bond donors (Lipinski definition) is 2. The zero-order valence-electron chi connectivity index (χ0n) is 44.9. The van der Waals surface area contributed by atoms with E-state index in [0.717, 1.165) is 38.5 Å². The van der Waals surface area contributed by atoms with E-state index in [9.17, 15) is 19.4 Å². The van der Waals surface area contributed by atoms with Crippen molar-refractivity contribution >= 4 is 13.7 Å². The average Bonchev–Trinajstić information content (AvgIpc) is 3.28. The molecule has 0 fully saturated rings. The smallest absolute Gasteiger partial charge is 0.268 e. The number of amides is 1. The molecule has 0 aliphatic carbocycles. The van der Waals surface area contributed by atoms with Crippen molar-refractivity contribution in [3.05, 3.63) is 12.2 Å². The maximum Gasteiger partial charge on any atom is 0.268 e. The molecule has 0 aliphatic heterocycles. The summed E-state index contributed by atoms with van der Waals surface area (Å²) in [6, 6.07) is -0.798. The fourth-order valence-corrected chi connectivity index (χ4v) is 9.64. The van der Waals surface area contributed by atoms with Gasteiger partial charge >= 0.3 is 0 Å². The molecule has 0 aromatic carbocycles. The van der Waals surface area contributed by atoms with E-state index in [1.165, 1.54) is 231 Å². The van der Waals surface area contributed by atoms with E-state index in [2.05, 4.69) is 31.3 Å². The Bertz CT molecular complexity index is 1080. The van der Waals surface area contributed by atoms with Gasteiger partial charge in [0.05, 0.1) is 39.9 Å². The minimum absolute atomic E-state index is 0.0146. The first-order valence-electron chi connectivity index (χ1n) is 29.0. The third-order valence-corrected chi connectivity index (χ3v) is 14.5. The fraction of sp³-hybridized carbons (Fsp3) is 0.947. The molecule has 3 unspecified atom stereocenters. The summed E-state index contributed by atoms with van der Waals surface area (Å²) in [5.74, 6) is -0.160. The lowest BCUT2D eigenvalue weighted by Gasteiger charge is -2.30. The second-order valence-electron chi connectivity index (χ2n) is 21.4. The van der Waals surface area contributed by atoms with Crippen LogP contribution in [0.3, 0.4) is 0 Å². The number of aliphatic hydroxyl groups excluding tert-OH is 1. The molecule has 0 saturated carbocycles. The summed E-state index contributed by atoms with van der Waals surface area (Å²) >= 11 is 0. The predicted octanol–water partition coefficient (Wildman–Crippen LogP) is 16.8. The van der Waals surface area contributed by atoms with Crippen molar-refractivity contribution in [2.75, 3.05) is 40.9 Å². The van der Waals surface area contributed by atoms with E-state index in [1.54, 1.807) is 0 Å². The van der Waals surface area contributed by atoms with Gasteiger partial charge in [0, 0.05) is 6.42 Å². The lowest BCUT2D eigenvalue weighted by atomic mass is 10.0. The first-order chi connectivity index (χ1) is 32.0. The molecule has 9 heteroatoms. The van der Waals surface area contributed by atoms with E-state index in [1.807, 2.05) is 21.1 Å². The normalized spacial score (nSPS) is 14.0. The second kappa shape index (κ2) is 49.2. The van der Waals surface area contributed by atoms with E-state index in [0.29, 0.717) is 23.9 Å². The minimum atomic E-state index is -4.57. The van der Waals surface area contributed by atoms with Gasteiger partial charge in [-0.05, 0) is 38.5 Å². The summed E-state index contributed by atoms with van der Waals surface area (Å²) in [6.45, 7) is 4.77. The Labute approximate surface area is 412 Å². The number of nitrogens with zero attached hydrogens (tertiary/aromatic N) is 1. The largest absolute Gasteiger partial charge is 0.756 e. The van der Waals surface area contributed by atoms with Crippen molar-refractivity contribution in [3.63, 3.8) is 0 Å². The Morgan fingerprint density at radius 1 is 0.515 bits per heavy atom. The highest BCUT2D eigenvalue weighted by atomic mass is 31.2. The topological polar surface area (TPSA) is 108 Å². The highest BCUT2D eigenvalue weighted by molar-refractivity contribution is 7.45. The number of carbonyl (C=O) groups is 1. The van der Waals surface area contributed by atoms with Crippen LogP contribution in [0.5, 0.6) is 0 Å². The van der Waals surface area contributed by atoms with Crippen molar-refractivity contribution in [1.29, 1.82) is 0 Å². The molecule has 0 aromatic rings. The average molecular weight is 956 g/mol. The van der Waals surface area contributed by atoms with Crippen LogP contribution in [0.1, 0.15) is 296 Å². The predicted molar refractivity (Wildman–Crippen MR) is 284 cm³/mol. The molecule has 0 saturated heterocycles. The van der Waals surface area contributed by atoms with Gasteiger partial charge < -0.3 is 28.8 Å². The molecule has 394 valence electrons. The van der Waals surface area contributed by atoms with E-state index in [4.69, 9.17) is 9.05 Å².